The largest absolute Gasteiger partial charge is 0.497 e. The number of hydrogen-bond acceptors (Lipinski definition) is 9. The number of aromatic nitrogens is 1. The van der Waals surface area contributed by atoms with Crippen molar-refractivity contribution in [3.63, 3.8) is 0 Å². The van der Waals surface area contributed by atoms with Gasteiger partial charge in [-0.1, -0.05) is 30.7 Å². The van der Waals surface area contributed by atoms with Crippen molar-refractivity contribution < 1.29 is 28.5 Å². The molecule has 9 nitrogen and oxygen atoms in total. The van der Waals surface area contributed by atoms with Crippen molar-refractivity contribution in [1.29, 1.82) is 0 Å². The molecule has 2 aromatic carbocycles. The Morgan fingerprint density at radius 2 is 1.80 bits per heavy atom. The number of rotatable bonds is 11. The first-order valence-corrected chi connectivity index (χ1v) is 13.9. The van der Waals surface area contributed by atoms with E-state index < -0.39 is 12.0 Å². The predicted molar refractivity (Wildman–Crippen MR) is 153 cm³/mol. The molecule has 0 radical (unpaired) electrons. The monoisotopic (exact) mass is 566 g/mol. The molecule has 0 saturated carbocycles. The van der Waals surface area contributed by atoms with Crippen LogP contribution in [0.15, 0.2) is 57.5 Å². The molecule has 0 N–H and O–H groups in total. The van der Waals surface area contributed by atoms with Crippen molar-refractivity contribution in [2.45, 2.75) is 39.7 Å². The highest BCUT2D eigenvalue weighted by Crippen LogP contribution is 2.36. The number of fused-ring (bicyclic) bond motifs is 1. The van der Waals surface area contributed by atoms with E-state index in [4.69, 9.17) is 23.7 Å². The lowest BCUT2D eigenvalue weighted by atomic mass is 9.95. The van der Waals surface area contributed by atoms with E-state index in [2.05, 4.69) is 11.9 Å². The van der Waals surface area contributed by atoms with Crippen LogP contribution in [0.4, 0.5) is 0 Å². The zero-order chi connectivity index (χ0) is 28.8. The lowest BCUT2D eigenvalue weighted by molar-refractivity contribution is -0.139. The Morgan fingerprint density at radius 3 is 2.48 bits per heavy atom. The number of benzene rings is 2. The maximum atomic E-state index is 13.9. The number of methoxy groups -OCH3 is 3. The summed E-state index contributed by atoms with van der Waals surface area (Å²) in [7, 11) is 4.70. The Morgan fingerprint density at radius 1 is 1.02 bits per heavy atom. The van der Waals surface area contributed by atoms with E-state index in [9.17, 15) is 9.59 Å². The third kappa shape index (κ3) is 5.77. The third-order valence-corrected chi connectivity index (χ3v) is 7.49. The van der Waals surface area contributed by atoms with Crippen LogP contribution in [-0.2, 0) is 9.53 Å². The summed E-state index contributed by atoms with van der Waals surface area (Å²) >= 11 is 1.24. The number of ether oxygens (including phenoxy) is 5. The van der Waals surface area contributed by atoms with Gasteiger partial charge in [-0.15, -0.1) is 0 Å². The van der Waals surface area contributed by atoms with Crippen molar-refractivity contribution in [3.8, 4) is 23.0 Å². The topological polar surface area (TPSA) is 97.6 Å². The molecule has 1 atom stereocenters. The van der Waals surface area contributed by atoms with Gasteiger partial charge in [0, 0.05) is 11.6 Å². The van der Waals surface area contributed by atoms with E-state index in [0.717, 1.165) is 12.8 Å². The molecular formula is C30H34N2O7S. The average molecular weight is 567 g/mol. The summed E-state index contributed by atoms with van der Waals surface area (Å²) in [5.74, 6) is 1.78. The van der Waals surface area contributed by atoms with Crippen molar-refractivity contribution in [3.05, 3.63) is 78.5 Å². The second-order valence-electron chi connectivity index (χ2n) is 9.02. The molecule has 1 aromatic heterocycles. The Bertz CT molecular complexity index is 1600. The van der Waals surface area contributed by atoms with Crippen LogP contribution in [0.25, 0.3) is 6.08 Å². The van der Waals surface area contributed by atoms with Gasteiger partial charge in [0.2, 0.25) is 0 Å². The number of carbonyl (C=O) groups excluding carboxylic acids is 1. The molecular weight excluding hydrogens is 532 g/mol. The van der Waals surface area contributed by atoms with Gasteiger partial charge in [-0.25, -0.2) is 9.79 Å². The van der Waals surface area contributed by atoms with Crippen LogP contribution in [0.2, 0.25) is 0 Å². The molecule has 1 aliphatic heterocycles. The molecule has 0 amide bonds. The average Bonchev–Trinajstić information content (AvgIpc) is 3.26. The van der Waals surface area contributed by atoms with Crippen molar-refractivity contribution >= 4 is 23.4 Å². The standard InChI is InChI=1S/C30H34N2O7S/c1-7-9-14-39-22-13-11-20(15-24(22)37-6)27-26(29(34)38-8-2)18(3)31-30-32(27)28(33)25(40-30)16-19-10-12-21(35-4)17-23(19)36-5/h10-13,15-17,27H,7-9,14H2,1-6H3. The van der Waals surface area contributed by atoms with Gasteiger partial charge < -0.3 is 23.7 Å². The van der Waals surface area contributed by atoms with Crippen LogP contribution in [0.5, 0.6) is 23.0 Å². The smallest absolute Gasteiger partial charge is 0.338 e. The van der Waals surface area contributed by atoms with Gasteiger partial charge in [0.05, 0.1) is 56.4 Å². The van der Waals surface area contributed by atoms with Crippen LogP contribution >= 0.6 is 11.3 Å². The highest BCUT2D eigenvalue weighted by Gasteiger charge is 2.34. The second-order valence-corrected chi connectivity index (χ2v) is 10.0. The van der Waals surface area contributed by atoms with Gasteiger partial charge in [-0.05, 0) is 56.2 Å². The minimum atomic E-state index is -0.770. The summed E-state index contributed by atoms with van der Waals surface area (Å²) in [4.78, 5) is 32.3. The van der Waals surface area contributed by atoms with E-state index in [1.165, 1.54) is 15.9 Å². The fourth-order valence-corrected chi connectivity index (χ4v) is 5.52. The highest BCUT2D eigenvalue weighted by molar-refractivity contribution is 7.07. The summed E-state index contributed by atoms with van der Waals surface area (Å²) in [6.45, 7) is 6.34. The quantitative estimate of drug-likeness (QED) is 0.256. The van der Waals surface area contributed by atoms with Crippen LogP contribution < -0.4 is 33.8 Å². The molecule has 0 spiro atoms. The van der Waals surface area contributed by atoms with E-state index in [-0.39, 0.29) is 12.2 Å². The highest BCUT2D eigenvalue weighted by atomic mass is 32.1. The first kappa shape index (κ1) is 28.9. The molecule has 1 unspecified atom stereocenters. The van der Waals surface area contributed by atoms with Crippen LogP contribution in [0.1, 0.15) is 50.8 Å². The van der Waals surface area contributed by atoms with Gasteiger partial charge in [-0.2, -0.15) is 0 Å². The summed E-state index contributed by atoms with van der Waals surface area (Å²) in [5, 5.41) is 0. The Labute approximate surface area is 236 Å². The number of nitrogens with zero attached hydrogens (tertiary/aromatic N) is 2. The minimum Gasteiger partial charge on any atom is -0.497 e. The lowest BCUT2D eigenvalue weighted by Gasteiger charge is -2.25. The molecule has 212 valence electrons. The van der Waals surface area contributed by atoms with Crippen LogP contribution in [-0.4, -0.2) is 45.1 Å². The van der Waals surface area contributed by atoms with E-state index in [0.29, 0.717) is 61.3 Å². The Kier molecular flexibility index (Phi) is 9.31. The fraction of sp³-hybridized carbons (Fsp3) is 0.367. The molecule has 0 aliphatic carbocycles. The van der Waals surface area contributed by atoms with Gasteiger partial charge >= 0.3 is 5.97 Å². The predicted octanol–water partition coefficient (Wildman–Crippen LogP) is 4.00. The number of unbranched alkanes of at least 4 members (excludes halogenated alkanes) is 1. The molecule has 2 heterocycles. The number of carbonyl (C=O) groups is 1. The van der Waals surface area contributed by atoms with Crippen LogP contribution in [0.3, 0.4) is 0 Å². The van der Waals surface area contributed by atoms with Gasteiger partial charge in [-0.3, -0.25) is 9.36 Å². The SMILES string of the molecule is CCCCOc1ccc(C2C(C(=O)OCC)=C(C)N=c3sc(=Cc4ccc(OC)cc4OC)c(=O)n32)cc1OC. The third-order valence-electron chi connectivity index (χ3n) is 6.50. The number of thiazole rings is 1. The zero-order valence-electron chi connectivity index (χ0n) is 23.6. The minimum absolute atomic E-state index is 0.192. The molecule has 0 saturated heterocycles. The second kappa shape index (κ2) is 12.9. The van der Waals surface area contributed by atoms with E-state index in [1.54, 1.807) is 65.5 Å². The molecule has 10 heteroatoms. The maximum absolute atomic E-state index is 13.9. The number of hydrogen-bond donors (Lipinski definition) is 0. The van der Waals surface area contributed by atoms with Crippen molar-refractivity contribution in [2.24, 2.45) is 4.99 Å². The summed E-state index contributed by atoms with van der Waals surface area (Å²) in [6.07, 6.45) is 3.67. The molecule has 1 aliphatic rings. The van der Waals surface area contributed by atoms with Gasteiger partial charge in [0.25, 0.3) is 5.56 Å². The van der Waals surface area contributed by atoms with Crippen molar-refractivity contribution in [1.82, 2.24) is 4.57 Å². The molecule has 40 heavy (non-hydrogen) atoms. The molecule has 0 bridgehead atoms. The fourth-order valence-electron chi connectivity index (χ4n) is 4.49. The molecule has 4 rings (SSSR count). The summed E-state index contributed by atoms with van der Waals surface area (Å²) in [6, 6.07) is 10.1. The molecule has 0 fully saturated rings. The normalized spacial score (nSPS) is 14.8. The number of allylic oxidation sites excluding steroid dienone is 1. The summed E-state index contributed by atoms with van der Waals surface area (Å²) < 4.78 is 29.7. The maximum Gasteiger partial charge on any atom is 0.338 e. The number of esters is 1. The summed E-state index contributed by atoms with van der Waals surface area (Å²) in [5.41, 5.74) is 1.88. The van der Waals surface area contributed by atoms with Gasteiger partial charge in [0.15, 0.2) is 16.3 Å². The lowest BCUT2D eigenvalue weighted by Crippen LogP contribution is -2.40. The zero-order valence-corrected chi connectivity index (χ0v) is 24.4. The van der Waals surface area contributed by atoms with Crippen LogP contribution in [0, 0.1) is 0 Å². The first-order valence-electron chi connectivity index (χ1n) is 13.1. The van der Waals surface area contributed by atoms with E-state index in [1.807, 2.05) is 12.1 Å². The van der Waals surface area contributed by atoms with E-state index >= 15 is 0 Å². The van der Waals surface area contributed by atoms with Gasteiger partial charge in [0.1, 0.15) is 11.5 Å². The Balaban J connectivity index is 1.90. The first-order chi connectivity index (χ1) is 19.4. The van der Waals surface area contributed by atoms with Crippen molar-refractivity contribution in [2.75, 3.05) is 34.5 Å². The molecule has 3 aromatic rings. The Hall–Kier alpha value is -4.05.